The van der Waals surface area contributed by atoms with Crippen LogP contribution in [0.2, 0.25) is 0 Å². The molecule has 0 spiro atoms. The van der Waals surface area contributed by atoms with Crippen LogP contribution in [0.3, 0.4) is 0 Å². The maximum atomic E-state index is 12.1. The summed E-state index contributed by atoms with van der Waals surface area (Å²) in [6, 6.07) is 0. The summed E-state index contributed by atoms with van der Waals surface area (Å²) in [5.41, 5.74) is 0. The van der Waals surface area contributed by atoms with Gasteiger partial charge in [0.2, 0.25) is 0 Å². The second-order valence-electron chi connectivity index (χ2n) is 6.31. The number of ketones is 1. The summed E-state index contributed by atoms with van der Waals surface area (Å²) in [6.07, 6.45) is 12.8. The standard InChI is InChI=1S/C18H32O3/c1-2-3-15-21-18(20)16-11-7-4-5-9-13-17(19)14-10-6-8-12-16/h16H,2-15H2,1H3. The normalized spacial score (nSPS) is 22.7. The summed E-state index contributed by atoms with van der Waals surface area (Å²) in [6.45, 7) is 2.68. The Kier molecular flexibility index (Phi) is 10.2. The number of carbonyl (C=O) groups excluding carboxylic acids is 2. The van der Waals surface area contributed by atoms with Gasteiger partial charge in [0.25, 0.3) is 0 Å². The van der Waals surface area contributed by atoms with Crippen LogP contribution in [0.4, 0.5) is 0 Å². The van der Waals surface area contributed by atoms with E-state index in [0.29, 0.717) is 12.4 Å². The lowest BCUT2D eigenvalue weighted by molar-refractivity contribution is -0.149. The molecule has 3 heteroatoms. The van der Waals surface area contributed by atoms with Gasteiger partial charge in [-0.1, -0.05) is 45.4 Å². The van der Waals surface area contributed by atoms with Crippen molar-refractivity contribution in [2.45, 2.75) is 90.4 Å². The van der Waals surface area contributed by atoms with E-state index >= 15 is 0 Å². The van der Waals surface area contributed by atoms with Crippen molar-refractivity contribution >= 4 is 11.8 Å². The number of rotatable bonds is 4. The summed E-state index contributed by atoms with van der Waals surface area (Å²) in [7, 11) is 0. The average Bonchev–Trinajstić information content (AvgIpc) is 2.49. The minimum atomic E-state index is 0.00870. The molecule has 1 saturated carbocycles. The maximum Gasteiger partial charge on any atom is 0.308 e. The molecule has 0 saturated heterocycles. The van der Waals surface area contributed by atoms with Gasteiger partial charge in [0.1, 0.15) is 5.78 Å². The van der Waals surface area contributed by atoms with Crippen LogP contribution >= 0.6 is 0 Å². The van der Waals surface area contributed by atoms with E-state index in [1.807, 2.05) is 0 Å². The zero-order chi connectivity index (χ0) is 15.3. The van der Waals surface area contributed by atoms with Gasteiger partial charge < -0.3 is 4.74 Å². The Morgan fingerprint density at radius 1 is 1.00 bits per heavy atom. The predicted octanol–water partition coefficient (Wildman–Crippen LogP) is 4.82. The Morgan fingerprint density at radius 3 is 2.19 bits per heavy atom. The Hall–Kier alpha value is -0.860. The Balaban J connectivity index is 2.38. The van der Waals surface area contributed by atoms with E-state index in [4.69, 9.17) is 4.74 Å². The van der Waals surface area contributed by atoms with Gasteiger partial charge in [-0.3, -0.25) is 9.59 Å². The number of hydrogen-bond donors (Lipinski definition) is 0. The molecule has 0 bridgehead atoms. The highest BCUT2D eigenvalue weighted by Gasteiger charge is 2.19. The van der Waals surface area contributed by atoms with Gasteiger partial charge in [0.15, 0.2) is 0 Å². The van der Waals surface area contributed by atoms with E-state index in [9.17, 15) is 9.59 Å². The maximum absolute atomic E-state index is 12.1. The van der Waals surface area contributed by atoms with Crippen LogP contribution in [0.25, 0.3) is 0 Å². The highest BCUT2D eigenvalue weighted by Crippen LogP contribution is 2.21. The molecular formula is C18H32O3. The molecule has 21 heavy (non-hydrogen) atoms. The SMILES string of the molecule is CCCCOC(=O)C1CCCCCCC(=O)CCCCC1. The lowest BCUT2D eigenvalue weighted by Crippen LogP contribution is -2.18. The third kappa shape index (κ3) is 8.90. The first-order valence-electron chi connectivity index (χ1n) is 8.92. The Bertz CT molecular complexity index is 299. The summed E-state index contributed by atoms with van der Waals surface area (Å²) in [5, 5.41) is 0. The van der Waals surface area contributed by atoms with Crippen LogP contribution in [0, 0.1) is 5.92 Å². The van der Waals surface area contributed by atoms with Crippen LogP contribution in [-0.4, -0.2) is 18.4 Å². The minimum Gasteiger partial charge on any atom is -0.465 e. The van der Waals surface area contributed by atoms with Gasteiger partial charge in [0.05, 0.1) is 12.5 Å². The van der Waals surface area contributed by atoms with E-state index in [2.05, 4.69) is 6.92 Å². The molecule has 122 valence electrons. The Labute approximate surface area is 129 Å². The monoisotopic (exact) mass is 296 g/mol. The van der Waals surface area contributed by atoms with Crippen LogP contribution in [0.5, 0.6) is 0 Å². The summed E-state index contributed by atoms with van der Waals surface area (Å²) < 4.78 is 5.39. The largest absolute Gasteiger partial charge is 0.465 e. The molecule has 0 radical (unpaired) electrons. The summed E-state index contributed by atoms with van der Waals surface area (Å²) in [5.74, 6) is 0.512. The van der Waals surface area contributed by atoms with Gasteiger partial charge >= 0.3 is 5.97 Å². The van der Waals surface area contributed by atoms with Crippen molar-refractivity contribution in [2.75, 3.05) is 6.61 Å². The fourth-order valence-corrected chi connectivity index (χ4v) is 2.90. The quantitative estimate of drug-likeness (QED) is 0.552. The van der Waals surface area contributed by atoms with Crippen LogP contribution in [0.1, 0.15) is 90.4 Å². The smallest absolute Gasteiger partial charge is 0.308 e. The summed E-state index contributed by atoms with van der Waals surface area (Å²) >= 11 is 0. The van der Waals surface area contributed by atoms with Gasteiger partial charge in [-0.25, -0.2) is 0 Å². The molecular weight excluding hydrogens is 264 g/mol. The average molecular weight is 296 g/mol. The predicted molar refractivity (Wildman–Crippen MR) is 85.2 cm³/mol. The fourth-order valence-electron chi connectivity index (χ4n) is 2.90. The second kappa shape index (κ2) is 11.8. The second-order valence-corrected chi connectivity index (χ2v) is 6.31. The molecule has 0 aliphatic heterocycles. The fraction of sp³-hybridized carbons (Fsp3) is 0.889. The van der Waals surface area contributed by atoms with E-state index in [1.54, 1.807) is 0 Å². The van der Waals surface area contributed by atoms with Crippen molar-refractivity contribution in [2.24, 2.45) is 5.92 Å². The first-order chi connectivity index (χ1) is 10.2. The van der Waals surface area contributed by atoms with Gasteiger partial charge in [-0.2, -0.15) is 0 Å². The molecule has 3 nitrogen and oxygen atoms in total. The lowest BCUT2D eigenvalue weighted by Gasteiger charge is -2.15. The zero-order valence-electron chi connectivity index (χ0n) is 13.7. The molecule has 0 aromatic rings. The number of Topliss-reactive ketones (excluding diaryl/α,β-unsaturated/α-hetero) is 1. The molecule has 1 aliphatic carbocycles. The number of ether oxygens (including phenoxy) is 1. The summed E-state index contributed by atoms with van der Waals surface area (Å²) in [4.78, 5) is 23.8. The zero-order valence-corrected chi connectivity index (χ0v) is 13.7. The van der Waals surface area contributed by atoms with Gasteiger partial charge in [0, 0.05) is 12.8 Å². The first kappa shape index (κ1) is 18.2. The molecule has 1 fully saturated rings. The van der Waals surface area contributed by atoms with Crippen LogP contribution in [-0.2, 0) is 14.3 Å². The third-order valence-electron chi connectivity index (χ3n) is 4.34. The van der Waals surface area contributed by atoms with Gasteiger partial charge in [-0.15, -0.1) is 0 Å². The molecule has 1 unspecified atom stereocenters. The molecule has 0 aromatic carbocycles. The number of carbonyl (C=O) groups is 2. The minimum absolute atomic E-state index is 0.00870. The number of unbranched alkanes of at least 4 members (excludes halogenated alkanes) is 1. The van der Waals surface area contributed by atoms with Crippen LogP contribution in [0.15, 0.2) is 0 Å². The van der Waals surface area contributed by atoms with Crippen molar-refractivity contribution in [3.8, 4) is 0 Å². The molecule has 0 N–H and O–H groups in total. The molecule has 0 amide bonds. The molecule has 0 aromatic heterocycles. The van der Waals surface area contributed by atoms with Crippen molar-refractivity contribution < 1.29 is 14.3 Å². The van der Waals surface area contributed by atoms with Crippen LogP contribution < -0.4 is 0 Å². The number of hydrogen-bond acceptors (Lipinski definition) is 3. The third-order valence-corrected chi connectivity index (χ3v) is 4.34. The molecule has 0 heterocycles. The highest BCUT2D eigenvalue weighted by molar-refractivity contribution is 5.78. The van der Waals surface area contributed by atoms with Crippen molar-refractivity contribution in [3.63, 3.8) is 0 Å². The topological polar surface area (TPSA) is 43.4 Å². The van der Waals surface area contributed by atoms with Gasteiger partial charge in [-0.05, 0) is 32.1 Å². The Morgan fingerprint density at radius 2 is 1.57 bits per heavy atom. The van der Waals surface area contributed by atoms with E-state index in [1.165, 1.54) is 0 Å². The first-order valence-corrected chi connectivity index (χ1v) is 8.92. The van der Waals surface area contributed by atoms with Crippen molar-refractivity contribution in [3.05, 3.63) is 0 Å². The van der Waals surface area contributed by atoms with E-state index in [0.717, 1.165) is 83.5 Å². The van der Waals surface area contributed by atoms with Crippen molar-refractivity contribution in [1.82, 2.24) is 0 Å². The van der Waals surface area contributed by atoms with Crippen molar-refractivity contribution in [1.29, 1.82) is 0 Å². The molecule has 1 atom stereocenters. The number of esters is 1. The van der Waals surface area contributed by atoms with E-state index < -0.39 is 0 Å². The lowest BCUT2D eigenvalue weighted by atomic mass is 9.95. The molecule has 1 rings (SSSR count). The van der Waals surface area contributed by atoms with E-state index in [-0.39, 0.29) is 11.9 Å². The molecule has 1 aliphatic rings. The highest BCUT2D eigenvalue weighted by atomic mass is 16.5.